The summed E-state index contributed by atoms with van der Waals surface area (Å²) in [4.78, 5) is 12.8. The van der Waals surface area contributed by atoms with Gasteiger partial charge in [-0.15, -0.1) is 0 Å². The normalized spacial score (nSPS) is 17.5. The van der Waals surface area contributed by atoms with Gasteiger partial charge >= 0.3 is 0 Å². The molecule has 0 fully saturated rings. The Morgan fingerprint density at radius 2 is 1.58 bits per heavy atom. The van der Waals surface area contributed by atoms with Gasteiger partial charge in [-0.1, -0.05) is 24.3 Å². The largest absolute Gasteiger partial charge is 0.399 e. The van der Waals surface area contributed by atoms with E-state index >= 15 is 0 Å². The van der Waals surface area contributed by atoms with Crippen molar-refractivity contribution in [1.82, 2.24) is 0 Å². The van der Waals surface area contributed by atoms with Crippen molar-refractivity contribution in [3.63, 3.8) is 0 Å². The van der Waals surface area contributed by atoms with Crippen LogP contribution in [0.3, 0.4) is 0 Å². The van der Waals surface area contributed by atoms with Gasteiger partial charge in [-0.05, 0) is 76.3 Å². The lowest BCUT2D eigenvalue weighted by atomic mass is 9.83. The Hall–Kier alpha value is -4.03. The molecule has 0 saturated carbocycles. The van der Waals surface area contributed by atoms with Crippen LogP contribution < -0.4 is 11.1 Å². The summed E-state index contributed by atoms with van der Waals surface area (Å²) in [6, 6.07) is 21.8. The minimum atomic E-state index is -0.613. The smallest absolute Gasteiger partial charge is 0.255 e. The molecule has 2 aliphatic rings. The molecular formula is C27H18F2N2O2. The molecule has 4 nitrogen and oxygen atoms in total. The highest BCUT2D eigenvalue weighted by atomic mass is 19.1. The van der Waals surface area contributed by atoms with Crippen LogP contribution in [0.25, 0.3) is 11.1 Å². The van der Waals surface area contributed by atoms with E-state index in [0.29, 0.717) is 28.1 Å². The van der Waals surface area contributed by atoms with Crippen LogP contribution in [-0.2, 0) is 4.74 Å². The molecule has 1 amide bonds. The number of nitrogens with two attached hydrogens (primary N) is 1. The van der Waals surface area contributed by atoms with Gasteiger partial charge in [0.05, 0.1) is 0 Å². The Balaban J connectivity index is 1.33. The third-order valence-electron chi connectivity index (χ3n) is 6.22. The van der Waals surface area contributed by atoms with Gasteiger partial charge in [-0.3, -0.25) is 4.79 Å². The van der Waals surface area contributed by atoms with Crippen LogP contribution in [0, 0.1) is 11.6 Å². The number of nitrogen functional groups attached to an aromatic ring is 1. The van der Waals surface area contributed by atoms with E-state index in [4.69, 9.17) is 10.5 Å². The number of hydrogen-bond donors (Lipinski definition) is 2. The molecule has 0 saturated heterocycles. The van der Waals surface area contributed by atoms with Gasteiger partial charge in [0.15, 0.2) is 0 Å². The van der Waals surface area contributed by atoms with Crippen LogP contribution in [0.4, 0.5) is 20.2 Å². The van der Waals surface area contributed by atoms with Gasteiger partial charge < -0.3 is 15.8 Å². The molecular weight excluding hydrogens is 422 g/mol. The number of anilines is 2. The first-order valence-electron chi connectivity index (χ1n) is 10.5. The summed E-state index contributed by atoms with van der Waals surface area (Å²) in [6.07, 6.45) is -0.568. The summed E-state index contributed by atoms with van der Waals surface area (Å²) in [5, 5.41) is 2.86. The fourth-order valence-electron chi connectivity index (χ4n) is 4.70. The topological polar surface area (TPSA) is 64.3 Å². The summed E-state index contributed by atoms with van der Waals surface area (Å²) in [5.74, 6) is -1.47. The van der Waals surface area contributed by atoms with Gasteiger partial charge in [0.25, 0.3) is 5.91 Å². The Labute approximate surface area is 188 Å². The number of carbonyl (C=O) groups excluding carboxylic acids is 1. The average Bonchev–Trinajstić information content (AvgIpc) is 3.36. The quantitative estimate of drug-likeness (QED) is 0.385. The fraction of sp³-hybridized carbons (Fsp3) is 0.0741. The number of benzene rings is 4. The summed E-state index contributed by atoms with van der Waals surface area (Å²) in [7, 11) is 0. The number of rotatable bonds is 3. The van der Waals surface area contributed by atoms with Crippen LogP contribution in [0.15, 0.2) is 78.9 Å². The van der Waals surface area contributed by atoms with Gasteiger partial charge in [-0.25, -0.2) is 8.78 Å². The van der Waals surface area contributed by atoms with Crippen molar-refractivity contribution in [2.45, 2.75) is 12.2 Å². The fourth-order valence-corrected chi connectivity index (χ4v) is 4.70. The molecule has 33 heavy (non-hydrogen) atoms. The standard InChI is InChI=1S/C27H18F2N2O2/c28-16-6-9-19(24(29)12-16)14-4-7-20-22(10-14)26-23-11-15(5-8-21(23)25(20)33-26)27(32)31-18-3-1-2-17(30)13-18/h1-13,25-26H,30H2,(H,31,32). The zero-order valence-electron chi connectivity index (χ0n) is 17.3. The number of carbonyl (C=O) groups is 1. The Bertz CT molecular complexity index is 1450. The lowest BCUT2D eigenvalue weighted by molar-refractivity contribution is 0.0857. The molecule has 2 heterocycles. The first-order chi connectivity index (χ1) is 16.0. The summed E-state index contributed by atoms with van der Waals surface area (Å²) in [6.45, 7) is 0. The van der Waals surface area contributed by atoms with Crippen LogP contribution >= 0.6 is 0 Å². The van der Waals surface area contributed by atoms with Crippen LogP contribution in [0.2, 0.25) is 0 Å². The van der Waals surface area contributed by atoms with Crippen molar-refractivity contribution in [2.75, 3.05) is 11.1 Å². The van der Waals surface area contributed by atoms with E-state index in [-0.39, 0.29) is 18.1 Å². The van der Waals surface area contributed by atoms with Gasteiger partial charge in [-0.2, -0.15) is 0 Å². The maximum atomic E-state index is 14.3. The summed E-state index contributed by atoms with van der Waals surface area (Å²) in [5.41, 5.74) is 12.4. The van der Waals surface area contributed by atoms with Crippen molar-refractivity contribution in [3.05, 3.63) is 118 Å². The first kappa shape index (κ1) is 19.6. The van der Waals surface area contributed by atoms with Crippen molar-refractivity contribution in [2.24, 2.45) is 0 Å². The Morgan fingerprint density at radius 1 is 0.818 bits per heavy atom. The number of amides is 1. The molecule has 4 aromatic rings. The SMILES string of the molecule is Nc1cccc(NC(=O)c2ccc3c(c2)C2OC3c3ccc(-c4ccc(F)cc4F)cc32)c1. The molecule has 2 atom stereocenters. The predicted molar refractivity (Wildman–Crippen MR) is 122 cm³/mol. The van der Waals surface area contributed by atoms with Gasteiger partial charge in [0.2, 0.25) is 0 Å². The lowest BCUT2D eigenvalue weighted by Crippen LogP contribution is -2.13. The maximum Gasteiger partial charge on any atom is 0.255 e. The number of hydrogen-bond acceptors (Lipinski definition) is 3. The van der Waals surface area contributed by atoms with Gasteiger partial charge in [0.1, 0.15) is 23.8 Å². The van der Waals surface area contributed by atoms with Crippen LogP contribution in [0.1, 0.15) is 44.8 Å². The van der Waals surface area contributed by atoms with Crippen molar-refractivity contribution >= 4 is 17.3 Å². The minimum absolute atomic E-state index is 0.224. The molecule has 6 rings (SSSR count). The zero-order valence-corrected chi connectivity index (χ0v) is 17.3. The van der Waals surface area contributed by atoms with Crippen molar-refractivity contribution in [3.8, 4) is 11.1 Å². The second-order valence-corrected chi connectivity index (χ2v) is 8.29. The van der Waals surface area contributed by atoms with Crippen LogP contribution in [-0.4, -0.2) is 5.91 Å². The highest BCUT2D eigenvalue weighted by molar-refractivity contribution is 6.04. The molecule has 0 aliphatic carbocycles. The zero-order chi connectivity index (χ0) is 22.7. The summed E-state index contributed by atoms with van der Waals surface area (Å²) >= 11 is 0. The molecule has 2 unspecified atom stereocenters. The molecule has 162 valence electrons. The third-order valence-corrected chi connectivity index (χ3v) is 6.22. The van der Waals surface area contributed by atoms with E-state index in [2.05, 4.69) is 5.32 Å². The van der Waals surface area contributed by atoms with E-state index in [1.807, 2.05) is 30.3 Å². The monoisotopic (exact) mass is 440 g/mol. The number of nitrogens with one attached hydrogen (secondary N) is 1. The van der Waals surface area contributed by atoms with E-state index < -0.39 is 11.6 Å². The minimum Gasteiger partial charge on any atom is -0.399 e. The van der Waals surface area contributed by atoms with E-state index in [1.165, 1.54) is 12.1 Å². The molecule has 4 aromatic carbocycles. The first-order valence-corrected chi connectivity index (χ1v) is 10.5. The average molecular weight is 440 g/mol. The Morgan fingerprint density at radius 3 is 2.36 bits per heavy atom. The van der Waals surface area contributed by atoms with E-state index in [0.717, 1.165) is 28.3 Å². The predicted octanol–water partition coefficient (Wildman–Crippen LogP) is 5.99. The molecule has 2 aliphatic heterocycles. The van der Waals surface area contributed by atoms with Crippen molar-refractivity contribution in [1.29, 1.82) is 0 Å². The number of ether oxygens (including phenoxy) is 1. The third kappa shape index (κ3) is 3.18. The molecule has 0 aromatic heterocycles. The molecule has 3 N–H and O–H groups in total. The van der Waals surface area contributed by atoms with Gasteiger partial charge in [0, 0.05) is 28.6 Å². The van der Waals surface area contributed by atoms with E-state index in [9.17, 15) is 13.6 Å². The molecule has 6 heteroatoms. The maximum absolute atomic E-state index is 14.3. The second-order valence-electron chi connectivity index (χ2n) is 8.29. The molecule has 0 spiro atoms. The molecule has 0 radical (unpaired) electrons. The van der Waals surface area contributed by atoms with E-state index in [1.54, 1.807) is 30.3 Å². The second kappa shape index (κ2) is 7.25. The number of fused-ring (bicyclic) bond motifs is 8. The van der Waals surface area contributed by atoms with Crippen LogP contribution in [0.5, 0.6) is 0 Å². The summed E-state index contributed by atoms with van der Waals surface area (Å²) < 4.78 is 33.9. The lowest BCUT2D eigenvalue weighted by Gasteiger charge is -2.18. The highest BCUT2D eigenvalue weighted by Gasteiger charge is 2.43. The number of halogens is 2. The Kier molecular flexibility index (Phi) is 4.32. The molecule has 2 bridgehead atoms. The van der Waals surface area contributed by atoms with Crippen molar-refractivity contribution < 1.29 is 18.3 Å². The highest BCUT2D eigenvalue weighted by Crippen LogP contribution is 2.54.